The zero-order chi connectivity index (χ0) is 15.2. The number of para-hydroxylation sites is 2. The summed E-state index contributed by atoms with van der Waals surface area (Å²) in [6, 6.07) is 11.1. The van der Waals surface area contributed by atoms with Crippen LogP contribution in [0.4, 0.5) is 10.1 Å². The molecule has 0 bridgehead atoms. The Balaban J connectivity index is 2.22. The van der Waals surface area contributed by atoms with Crippen LogP contribution in [0.25, 0.3) is 0 Å². The molecule has 0 saturated carbocycles. The zero-order valence-electron chi connectivity index (χ0n) is 11.6. The molecule has 110 valence electrons. The third-order valence-electron chi connectivity index (χ3n) is 2.85. The number of esters is 1. The lowest BCUT2D eigenvalue weighted by molar-refractivity contribution is -0.142. The van der Waals surface area contributed by atoms with Crippen molar-refractivity contribution in [1.29, 1.82) is 0 Å². The van der Waals surface area contributed by atoms with E-state index in [1.54, 1.807) is 37.3 Å². The number of hydrogen-bond donors (Lipinski definition) is 1. The van der Waals surface area contributed by atoms with E-state index in [1.165, 1.54) is 12.1 Å². The van der Waals surface area contributed by atoms with Crippen LogP contribution in [0.1, 0.15) is 12.5 Å². The van der Waals surface area contributed by atoms with E-state index in [9.17, 15) is 9.18 Å². The maximum atomic E-state index is 13.6. The van der Waals surface area contributed by atoms with Crippen molar-refractivity contribution in [2.75, 3.05) is 12.3 Å². The van der Waals surface area contributed by atoms with Gasteiger partial charge in [-0.15, -0.1) is 0 Å². The third kappa shape index (κ3) is 3.72. The fourth-order valence-electron chi connectivity index (χ4n) is 1.85. The maximum absolute atomic E-state index is 13.6. The predicted octanol–water partition coefficient (Wildman–Crippen LogP) is 3.31. The lowest BCUT2D eigenvalue weighted by Crippen LogP contribution is -2.09. The summed E-state index contributed by atoms with van der Waals surface area (Å²) < 4.78 is 23.9. The van der Waals surface area contributed by atoms with Gasteiger partial charge in [0.2, 0.25) is 0 Å². The summed E-state index contributed by atoms with van der Waals surface area (Å²) >= 11 is 0. The number of rotatable bonds is 5. The molecule has 2 N–H and O–H groups in total. The maximum Gasteiger partial charge on any atom is 0.310 e. The van der Waals surface area contributed by atoms with E-state index in [-0.39, 0.29) is 18.1 Å². The zero-order valence-corrected chi connectivity index (χ0v) is 11.6. The van der Waals surface area contributed by atoms with Crippen LogP contribution < -0.4 is 10.5 Å². The van der Waals surface area contributed by atoms with Gasteiger partial charge < -0.3 is 15.2 Å². The first kappa shape index (κ1) is 14.8. The minimum Gasteiger partial charge on any atom is -0.466 e. The van der Waals surface area contributed by atoms with E-state index in [2.05, 4.69) is 0 Å². The highest BCUT2D eigenvalue weighted by molar-refractivity contribution is 5.76. The van der Waals surface area contributed by atoms with Gasteiger partial charge in [0.05, 0.1) is 18.7 Å². The number of anilines is 1. The first-order valence-corrected chi connectivity index (χ1v) is 6.57. The molecule has 2 rings (SSSR count). The summed E-state index contributed by atoms with van der Waals surface area (Å²) in [7, 11) is 0. The fourth-order valence-corrected chi connectivity index (χ4v) is 1.85. The number of hydrogen-bond acceptors (Lipinski definition) is 4. The molecule has 21 heavy (non-hydrogen) atoms. The Kier molecular flexibility index (Phi) is 4.77. The number of benzene rings is 2. The summed E-state index contributed by atoms with van der Waals surface area (Å²) in [5.41, 5.74) is 6.86. The van der Waals surface area contributed by atoms with E-state index in [1.807, 2.05) is 0 Å². The van der Waals surface area contributed by atoms with Crippen molar-refractivity contribution in [2.45, 2.75) is 13.3 Å². The van der Waals surface area contributed by atoms with Gasteiger partial charge in [-0.1, -0.05) is 24.3 Å². The monoisotopic (exact) mass is 289 g/mol. The van der Waals surface area contributed by atoms with Crippen molar-refractivity contribution in [3.8, 4) is 11.5 Å². The number of carbonyl (C=O) groups is 1. The Labute approximate surface area is 122 Å². The Hall–Kier alpha value is -2.56. The molecule has 5 heteroatoms. The quantitative estimate of drug-likeness (QED) is 0.677. The molecule has 0 fully saturated rings. The van der Waals surface area contributed by atoms with Crippen LogP contribution in [-0.4, -0.2) is 12.6 Å². The van der Waals surface area contributed by atoms with E-state index >= 15 is 0 Å². The van der Waals surface area contributed by atoms with E-state index < -0.39 is 5.82 Å². The summed E-state index contributed by atoms with van der Waals surface area (Å²) in [5.74, 6) is -0.459. The van der Waals surface area contributed by atoms with E-state index in [0.717, 1.165) is 0 Å². The van der Waals surface area contributed by atoms with E-state index in [0.29, 0.717) is 23.6 Å². The van der Waals surface area contributed by atoms with Crippen molar-refractivity contribution in [2.24, 2.45) is 0 Å². The molecule has 0 aliphatic heterocycles. The van der Waals surface area contributed by atoms with Gasteiger partial charge in [0.1, 0.15) is 0 Å². The highest BCUT2D eigenvalue weighted by Crippen LogP contribution is 2.31. The van der Waals surface area contributed by atoms with Crippen molar-refractivity contribution < 1.29 is 18.7 Å². The topological polar surface area (TPSA) is 61.5 Å². The first-order chi connectivity index (χ1) is 10.1. The average molecular weight is 289 g/mol. The lowest BCUT2D eigenvalue weighted by atomic mass is 10.1. The summed E-state index contributed by atoms with van der Waals surface area (Å²) in [4.78, 5) is 11.5. The fraction of sp³-hybridized carbons (Fsp3) is 0.188. The van der Waals surface area contributed by atoms with Crippen molar-refractivity contribution in [1.82, 2.24) is 0 Å². The molecule has 0 heterocycles. The highest BCUT2D eigenvalue weighted by atomic mass is 19.1. The van der Waals surface area contributed by atoms with Crippen LogP contribution in [0.2, 0.25) is 0 Å². The molecular formula is C16H16FNO3. The Morgan fingerprint density at radius 2 is 1.86 bits per heavy atom. The van der Waals surface area contributed by atoms with Crippen molar-refractivity contribution in [3.05, 3.63) is 53.8 Å². The number of nitrogen functional groups attached to an aromatic ring is 1. The van der Waals surface area contributed by atoms with Crippen molar-refractivity contribution in [3.63, 3.8) is 0 Å². The number of halogens is 1. The molecule has 0 aromatic heterocycles. The smallest absolute Gasteiger partial charge is 0.310 e. The lowest BCUT2D eigenvalue weighted by Gasteiger charge is -2.12. The van der Waals surface area contributed by atoms with Crippen LogP contribution in [-0.2, 0) is 16.0 Å². The standard InChI is InChI=1S/C16H16FNO3/c1-2-20-15(19)10-11-6-5-9-14(16(11)18)21-13-8-4-3-7-12(13)17/h3-9H,2,10,18H2,1H3. The van der Waals surface area contributed by atoms with Gasteiger partial charge in [-0.05, 0) is 30.7 Å². The summed E-state index contributed by atoms with van der Waals surface area (Å²) in [5, 5.41) is 0. The van der Waals surface area contributed by atoms with Gasteiger partial charge in [-0.2, -0.15) is 0 Å². The predicted molar refractivity (Wildman–Crippen MR) is 77.7 cm³/mol. The molecule has 0 amide bonds. The molecule has 2 aromatic carbocycles. The molecule has 0 aliphatic carbocycles. The average Bonchev–Trinajstić information content (AvgIpc) is 2.46. The van der Waals surface area contributed by atoms with Gasteiger partial charge in [-0.25, -0.2) is 4.39 Å². The van der Waals surface area contributed by atoms with Crippen LogP contribution >= 0.6 is 0 Å². The van der Waals surface area contributed by atoms with Gasteiger partial charge >= 0.3 is 5.97 Å². The minimum atomic E-state index is -0.479. The normalized spacial score (nSPS) is 10.2. The van der Waals surface area contributed by atoms with Crippen LogP contribution in [0.3, 0.4) is 0 Å². The SMILES string of the molecule is CCOC(=O)Cc1cccc(Oc2ccccc2F)c1N. The van der Waals surface area contributed by atoms with Gasteiger partial charge in [0.25, 0.3) is 0 Å². The molecular weight excluding hydrogens is 273 g/mol. The van der Waals surface area contributed by atoms with Crippen LogP contribution in [0.5, 0.6) is 11.5 Å². The molecule has 2 aromatic rings. The number of ether oxygens (including phenoxy) is 2. The summed E-state index contributed by atoms with van der Waals surface area (Å²) in [6.45, 7) is 2.04. The Morgan fingerprint density at radius 3 is 2.57 bits per heavy atom. The first-order valence-electron chi connectivity index (χ1n) is 6.57. The number of nitrogens with two attached hydrogens (primary N) is 1. The van der Waals surface area contributed by atoms with Crippen LogP contribution in [0.15, 0.2) is 42.5 Å². The number of carbonyl (C=O) groups excluding carboxylic acids is 1. The molecule has 0 unspecified atom stereocenters. The third-order valence-corrected chi connectivity index (χ3v) is 2.85. The molecule has 4 nitrogen and oxygen atoms in total. The molecule has 0 radical (unpaired) electrons. The molecule has 0 spiro atoms. The Morgan fingerprint density at radius 1 is 1.14 bits per heavy atom. The summed E-state index contributed by atoms with van der Waals surface area (Å²) in [6.07, 6.45) is 0.0497. The largest absolute Gasteiger partial charge is 0.466 e. The molecule has 0 aliphatic rings. The molecule has 0 saturated heterocycles. The Bertz CT molecular complexity index is 643. The van der Waals surface area contributed by atoms with Gasteiger partial charge in [0.15, 0.2) is 17.3 Å². The highest BCUT2D eigenvalue weighted by Gasteiger charge is 2.12. The molecule has 0 atom stereocenters. The second-order valence-corrected chi connectivity index (χ2v) is 4.34. The van der Waals surface area contributed by atoms with E-state index in [4.69, 9.17) is 15.2 Å². The van der Waals surface area contributed by atoms with Crippen LogP contribution in [0, 0.1) is 5.82 Å². The second kappa shape index (κ2) is 6.74. The van der Waals surface area contributed by atoms with Crippen molar-refractivity contribution >= 4 is 11.7 Å². The second-order valence-electron chi connectivity index (χ2n) is 4.34. The van der Waals surface area contributed by atoms with Gasteiger partial charge in [-0.3, -0.25) is 4.79 Å². The van der Waals surface area contributed by atoms with Gasteiger partial charge in [0, 0.05) is 0 Å². The minimum absolute atomic E-state index is 0.0497.